The number of aliphatic carboxylic acids is 2. The van der Waals surface area contributed by atoms with E-state index in [-0.39, 0.29) is 0 Å². The number of halogens is 6. The summed E-state index contributed by atoms with van der Waals surface area (Å²) in [5.41, 5.74) is 2.44. The van der Waals surface area contributed by atoms with E-state index in [0.717, 1.165) is 58.1 Å². The molecule has 1 atom stereocenters. The number of hydrogen-bond donors (Lipinski definition) is 2. The molecular weight excluding hydrogens is 554 g/mol. The van der Waals surface area contributed by atoms with Gasteiger partial charge in [-0.3, -0.25) is 9.88 Å². The number of pyridine rings is 1. The van der Waals surface area contributed by atoms with Crippen LogP contribution in [0.15, 0.2) is 30.7 Å². The van der Waals surface area contributed by atoms with E-state index in [0.29, 0.717) is 18.6 Å². The SMILES string of the molecule is CC1c2ncc(COCC3CCOCC3)n2CCN1Cc1cccnc1.O=C(O)C(F)(F)F.O=C(O)C(F)(F)F. The van der Waals surface area contributed by atoms with Crippen LogP contribution in [0, 0.1) is 5.92 Å². The highest BCUT2D eigenvalue weighted by Crippen LogP contribution is 2.27. The number of carboxylic acids is 2. The molecule has 40 heavy (non-hydrogen) atoms. The standard InChI is InChI=1S/C20H28N4O2.2C2HF3O2/c1-16-20-22-12-19(15-26-14-17-4-9-25-10-5-17)24(20)8-7-23(16)13-18-3-2-6-21-11-18;2*3-2(4,5)1(6)7/h2-3,6,11-12,16-17H,4-5,7-10,13-15H2,1H3;2*(H,6,7). The predicted molar refractivity (Wildman–Crippen MR) is 126 cm³/mol. The van der Waals surface area contributed by atoms with Gasteiger partial charge >= 0.3 is 24.3 Å². The average molecular weight is 585 g/mol. The Balaban J connectivity index is 0.000000333. The Kier molecular flexibility index (Phi) is 12.3. The van der Waals surface area contributed by atoms with Gasteiger partial charge in [-0.15, -0.1) is 0 Å². The molecular formula is C24H30F6N4O6. The van der Waals surface area contributed by atoms with Crippen molar-refractivity contribution < 1.29 is 55.6 Å². The lowest BCUT2D eigenvalue weighted by Crippen LogP contribution is -2.37. The van der Waals surface area contributed by atoms with Crippen molar-refractivity contribution in [2.24, 2.45) is 5.92 Å². The molecule has 2 aliphatic rings. The van der Waals surface area contributed by atoms with Crippen molar-refractivity contribution in [3.8, 4) is 0 Å². The Hall–Kier alpha value is -3.24. The van der Waals surface area contributed by atoms with Crippen LogP contribution in [0.2, 0.25) is 0 Å². The number of hydrogen-bond acceptors (Lipinski definition) is 7. The Labute approximate surface area is 225 Å². The van der Waals surface area contributed by atoms with Gasteiger partial charge < -0.3 is 24.3 Å². The molecule has 2 aliphatic heterocycles. The summed E-state index contributed by atoms with van der Waals surface area (Å²) >= 11 is 0. The van der Waals surface area contributed by atoms with Crippen LogP contribution in [-0.4, -0.2) is 80.3 Å². The molecule has 1 saturated heterocycles. The molecule has 10 nitrogen and oxygen atoms in total. The number of fused-ring (bicyclic) bond motifs is 1. The fourth-order valence-corrected chi connectivity index (χ4v) is 3.90. The van der Waals surface area contributed by atoms with Crippen molar-refractivity contribution in [2.45, 2.75) is 57.9 Å². The van der Waals surface area contributed by atoms with Gasteiger partial charge in [0.2, 0.25) is 0 Å². The number of aromatic nitrogens is 3. The summed E-state index contributed by atoms with van der Waals surface area (Å²) < 4.78 is 77.2. The van der Waals surface area contributed by atoms with Crippen molar-refractivity contribution in [1.82, 2.24) is 19.4 Å². The van der Waals surface area contributed by atoms with Gasteiger partial charge in [-0.1, -0.05) is 6.07 Å². The van der Waals surface area contributed by atoms with Crippen LogP contribution in [-0.2, 0) is 38.8 Å². The molecule has 2 N–H and O–H groups in total. The zero-order chi connectivity index (χ0) is 29.9. The molecule has 0 aromatic carbocycles. The van der Waals surface area contributed by atoms with Gasteiger partial charge in [-0.2, -0.15) is 26.3 Å². The molecule has 0 aliphatic carbocycles. The minimum atomic E-state index is -5.08. The number of nitrogens with zero attached hydrogens (tertiary/aromatic N) is 4. The summed E-state index contributed by atoms with van der Waals surface area (Å²) in [5.74, 6) is -3.73. The lowest BCUT2D eigenvalue weighted by molar-refractivity contribution is -0.193. The van der Waals surface area contributed by atoms with E-state index in [2.05, 4.69) is 27.4 Å². The van der Waals surface area contributed by atoms with Crippen molar-refractivity contribution >= 4 is 11.9 Å². The monoisotopic (exact) mass is 584 g/mol. The third-order valence-corrected chi connectivity index (χ3v) is 6.04. The van der Waals surface area contributed by atoms with Crippen molar-refractivity contribution in [3.63, 3.8) is 0 Å². The number of rotatable bonds is 6. The molecule has 16 heteroatoms. The van der Waals surface area contributed by atoms with Gasteiger partial charge in [0.25, 0.3) is 0 Å². The van der Waals surface area contributed by atoms with Crippen LogP contribution in [0.5, 0.6) is 0 Å². The predicted octanol–water partition coefficient (Wildman–Crippen LogP) is 4.06. The smallest absolute Gasteiger partial charge is 0.475 e. The lowest BCUT2D eigenvalue weighted by Gasteiger charge is -2.34. The summed E-state index contributed by atoms with van der Waals surface area (Å²) in [6.45, 7) is 8.37. The summed E-state index contributed by atoms with van der Waals surface area (Å²) in [4.78, 5) is 29.2. The van der Waals surface area contributed by atoms with Crippen LogP contribution in [0.1, 0.15) is 42.9 Å². The molecule has 2 aromatic heterocycles. The maximum atomic E-state index is 10.6. The fraction of sp³-hybridized carbons (Fsp3) is 0.583. The normalized spacial score (nSPS) is 18.0. The summed E-state index contributed by atoms with van der Waals surface area (Å²) in [6.07, 6.45) is -2.18. The van der Waals surface area contributed by atoms with Crippen LogP contribution in [0.25, 0.3) is 0 Å². The van der Waals surface area contributed by atoms with Gasteiger partial charge in [0.05, 0.1) is 31.1 Å². The van der Waals surface area contributed by atoms with Crippen molar-refractivity contribution in [3.05, 3.63) is 47.8 Å². The van der Waals surface area contributed by atoms with E-state index in [1.807, 2.05) is 24.7 Å². The highest BCUT2D eigenvalue weighted by atomic mass is 19.4. The van der Waals surface area contributed by atoms with Crippen LogP contribution in [0.3, 0.4) is 0 Å². The first-order valence-electron chi connectivity index (χ1n) is 12.1. The first-order chi connectivity index (χ1) is 18.7. The van der Waals surface area contributed by atoms with E-state index in [1.54, 1.807) is 0 Å². The second-order valence-corrected chi connectivity index (χ2v) is 8.94. The second kappa shape index (κ2) is 14.9. The Bertz CT molecular complexity index is 1050. The third-order valence-electron chi connectivity index (χ3n) is 6.04. The summed E-state index contributed by atoms with van der Waals surface area (Å²) in [5, 5.41) is 14.2. The zero-order valence-electron chi connectivity index (χ0n) is 21.5. The van der Waals surface area contributed by atoms with E-state index in [9.17, 15) is 26.3 Å². The Morgan fingerprint density at radius 1 is 1.05 bits per heavy atom. The van der Waals surface area contributed by atoms with E-state index >= 15 is 0 Å². The number of imidazole rings is 1. The van der Waals surface area contributed by atoms with Crippen LogP contribution in [0.4, 0.5) is 26.3 Å². The summed E-state index contributed by atoms with van der Waals surface area (Å²) in [6, 6.07) is 4.43. The molecule has 0 amide bonds. The minimum Gasteiger partial charge on any atom is -0.475 e. The Morgan fingerprint density at radius 2 is 1.65 bits per heavy atom. The summed E-state index contributed by atoms with van der Waals surface area (Å²) in [7, 11) is 0. The number of carboxylic acid groups (broad SMARTS) is 2. The molecule has 4 rings (SSSR count). The van der Waals surface area contributed by atoms with Gasteiger partial charge in [-0.25, -0.2) is 14.6 Å². The molecule has 4 heterocycles. The maximum Gasteiger partial charge on any atom is 0.490 e. The van der Waals surface area contributed by atoms with Crippen molar-refractivity contribution in [2.75, 3.05) is 26.4 Å². The first-order valence-corrected chi connectivity index (χ1v) is 12.1. The second-order valence-electron chi connectivity index (χ2n) is 8.94. The van der Waals surface area contributed by atoms with Crippen LogP contribution >= 0.6 is 0 Å². The quantitative estimate of drug-likeness (QED) is 0.484. The molecule has 1 fully saturated rings. The molecule has 0 saturated carbocycles. The molecule has 0 spiro atoms. The third kappa shape index (κ3) is 10.7. The van der Waals surface area contributed by atoms with E-state index in [1.165, 1.54) is 11.3 Å². The lowest BCUT2D eigenvalue weighted by atomic mass is 10.0. The molecule has 0 bridgehead atoms. The molecule has 1 unspecified atom stereocenters. The zero-order valence-corrected chi connectivity index (χ0v) is 21.5. The fourth-order valence-electron chi connectivity index (χ4n) is 3.90. The van der Waals surface area contributed by atoms with E-state index in [4.69, 9.17) is 34.3 Å². The van der Waals surface area contributed by atoms with Crippen molar-refractivity contribution in [1.29, 1.82) is 0 Å². The largest absolute Gasteiger partial charge is 0.490 e. The van der Waals surface area contributed by atoms with Gasteiger partial charge in [0.15, 0.2) is 0 Å². The maximum absolute atomic E-state index is 10.6. The number of carbonyl (C=O) groups is 2. The number of alkyl halides is 6. The highest BCUT2D eigenvalue weighted by Gasteiger charge is 2.39. The van der Waals surface area contributed by atoms with Crippen LogP contribution < -0.4 is 0 Å². The van der Waals surface area contributed by atoms with E-state index < -0.39 is 24.3 Å². The number of ether oxygens (including phenoxy) is 2. The van der Waals surface area contributed by atoms with Gasteiger partial charge in [0, 0.05) is 45.2 Å². The Morgan fingerprint density at radius 3 is 2.17 bits per heavy atom. The average Bonchev–Trinajstić information content (AvgIpc) is 3.30. The van der Waals surface area contributed by atoms with Gasteiger partial charge in [0.1, 0.15) is 5.82 Å². The molecule has 224 valence electrons. The van der Waals surface area contributed by atoms with Gasteiger partial charge in [-0.05, 0) is 37.3 Å². The molecule has 2 aromatic rings. The molecule has 0 radical (unpaired) electrons. The highest BCUT2D eigenvalue weighted by molar-refractivity contribution is 5.73. The minimum absolute atomic E-state index is 0.299. The first kappa shape index (κ1) is 33.0. The topological polar surface area (TPSA) is 127 Å².